The molecule has 0 saturated carbocycles. The van der Waals surface area contributed by atoms with Crippen LogP contribution in [0.15, 0.2) is 54.6 Å². The van der Waals surface area contributed by atoms with Gasteiger partial charge in [-0.15, -0.1) is 0 Å². The number of carbonyl (C=O) groups is 1. The summed E-state index contributed by atoms with van der Waals surface area (Å²) in [5, 5.41) is 15.5. The van der Waals surface area contributed by atoms with Gasteiger partial charge in [0.2, 0.25) is 0 Å². The molecule has 2 aromatic carbocycles. The normalized spacial score (nSPS) is 11.7. The van der Waals surface area contributed by atoms with Gasteiger partial charge in [0.1, 0.15) is 0 Å². The summed E-state index contributed by atoms with van der Waals surface area (Å²) in [5.74, 6) is 0. The SMILES string of the molecule is Cc1ccc(NC(=O)NCC[C@H](O)c2ccccc2)cc1. The largest absolute Gasteiger partial charge is 0.388 e. The molecule has 0 aliphatic carbocycles. The van der Waals surface area contributed by atoms with Crippen LogP contribution in [0.4, 0.5) is 10.5 Å². The molecule has 0 aliphatic rings. The molecule has 0 aliphatic heterocycles. The quantitative estimate of drug-likeness (QED) is 0.789. The molecule has 0 radical (unpaired) electrons. The van der Waals surface area contributed by atoms with E-state index in [1.165, 1.54) is 0 Å². The predicted molar refractivity (Wildman–Crippen MR) is 84.2 cm³/mol. The minimum Gasteiger partial charge on any atom is -0.388 e. The van der Waals surface area contributed by atoms with Gasteiger partial charge in [-0.2, -0.15) is 0 Å². The number of aliphatic hydroxyl groups is 1. The van der Waals surface area contributed by atoms with Crippen molar-refractivity contribution in [3.05, 3.63) is 65.7 Å². The zero-order valence-corrected chi connectivity index (χ0v) is 12.0. The number of hydrogen-bond donors (Lipinski definition) is 3. The van der Waals surface area contributed by atoms with E-state index >= 15 is 0 Å². The van der Waals surface area contributed by atoms with Gasteiger partial charge in [0.05, 0.1) is 6.10 Å². The monoisotopic (exact) mass is 284 g/mol. The number of amides is 2. The van der Waals surface area contributed by atoms with E-state index < -0.39 is 6.10 Å². The van der Waals surface area contributed by atoms with Gasteiger partial charge in [0.25, 0.3) is 0 Å². The van der Waals surface area contributed by atoms with Crippen LogP contribution < -0.4 is 10.6 Å². The van der Waals surface area contributed by atoms with Crippen molar-refractivity contribution in [2.45, 2.75) is 19.4 Å². The number of aliphatic hydroxyl groups excluding tert-OH is 1. The summed E-state index contributed by atoms with van der Waals surface area (Å²) < 4.78 is 0. The molecule has 0 fully saturated rings. The zero-order valence-electron chi connectivity index (χ0n) is 12.0. The molecule has 4 heteroatoms. The molecule has 21 heavy (non-hydrogen) atoms. The third-order valence-electron chi connectivity index (χ3n) is 3.20. The van der Waals surface area contributed by atoms with Crippen molar-refractivity contribution in [1.82, 2.24) is 5.32 Å². The van der Waals surface area contributed by atoms with E-state index in [9.17, 15) is 9.90 Å². The molecule has 2 amide bonds. The third-order valence-corrected chi connectivity index (χ3v) is 3.20. The Morgan fingerprint density at radius 1 is 1.10 bits per heavy atom. The molecule has 2 rings (SSSR count). The van der Waals surface area contributed by atoms with Gasteiger partial charge < -0.3 is 15.7 Å². The topological polar surface area (TPSA) is 61.4 Å². The lowest BCUT2D eigenvalue weighted by molar-refractivity contribution is 0.167. The number of aryl methyl sites for hydroxylation is 1. The maximum Gasteiger partial charge on any atom is 0.319 e. The molecule has 0 saturated heterocycles. The second-order valence-electron chi connectivity index (χ2n) is 4.96. The Morgan fingerprint density at radius 3 is 2.43 bits per heavy atom. The van der Waals surface area contributed by atoms with Crippen molar-refractivity contribution in [2.24, 2.45) is 0 Å². The maximum absolute atomic E-state index is 11.7. The van der Waals surface area contributed by atoms with Crippen molar-refractivity contribution in [2.75, 3.05) is 11.9 Å². The Kier molecular flexibility index (Phi) is 5.35. The summed E-state index contributed by atoms with van der Waals surface area (Å²) in [4.78, 5) is 11.7. The lowest BCUT2D eigenvalue weighted by atomic mass is 10.1. The minimum atomic E-state index is -0.564. The Balaban J connectivity index is 1.73. The van der Waals surface area contributed by atoms with E-state index in [0.717, 1.165) is 16.8 Å². The molecule has 4 nitrogen and oxygen atoms in total. The Morgan fingerprint density at radius 2 is 1.76 bits per heavy atom. The van der Waals surface area contributed by atoms with Crippen molar-refractivity contribution >= 4 is 11.7 Å². The highest BCUT2D eigenvalue weighted by Crippen LogP contribution is 2.15. The first-order chi connectivity index (χ1) is 10.1. The molecule has 3 N–H and O–H groups in total. The molecular weight excluding hydrogens is 264 g/mol. The van der Waals surface area contributed by atoms with E-state index in [1.54, 1.807) is 0 Å². The van der Waals surface area contributed by atoms with E-state index in [0.29, 0.717) is 13.0 Å². The van der Waals surface area contributed by atoms with E-state index in [-0.39, 0.29) is 6.03 Å². The first-order valence-electron chi connectivity index (χ1n) is 6.99. The van der Waals surface area contributed by atoms with Gasteiger partial charge in [-0.3, -0.25) is 0 Å². The molecule has 110 valence electrons. The number of rotatable bonds is 5. The van der Waals surface area contributed by atoms with Crippen LogP contribution in [0.2, 0.25) is 0 Å². The number of hydrogen-bond acceptors (Lipinski definition) is 2. The average molecular weight is 284 g/mol. The van der Waals surface area contributed by atoms with Gasteiger partial charge in [-0.05, 0) is 31.0 Å². The molecule has 0 unspecified atom stereocenters. The zero-order chi connectivity index (χ0) is 15.1. The highest BCUT2D eigenvalue weighted by molar-refractivity contribution is 5.89. The van der Waals surface area contributed by atoms with Crippen LogP contribution >= 0.6 is 0 Å². The fraction of sp³-hybridized carbons (Fsp3) is 0.235. The van der Waals surface area contributed by atoms with Crippen LogP contribution in [0.3, 0.4) is 0 Å². The third kappa shape index (κ3) is 4.93. The second kappa shape index (κ2) is 7.45. The fourth-order valence-electron chi connectivity index (χ4n) is 1.98. The van der Waals surface area contributed by atoms with Crippen molar-refractivity contribution in [3.8, 4) is 0 Å². The number of urea groups is 1. The number of carbonyl (C=O) groups excluding carboxylic acids is 1. The van der Waals surface area contributed by atoms with Crippen LogP contribution in [-0.4, -0.2) is 17.7 Å². The average Bonchev–Trinajstić information content (AvgIpc) is 2.50. The summed E-state index contributed by atoms with van der Waals surface area (Å²) in [7, 11) is 0. The van der Waals surface area contributed by atoms with E-state index in [1.807, 2.05) is 61.5 Å². The summed E-state index contributed by atoms with van der Waals surface area (Å²) in [6.07, 6.45) is -0.0865. The number of anilines is 1. The van der Waals surface area contributed by atoms with Gasteiger partial charge in [0, 0.05) is 12.2 Å². The molecule has 0 spiro atoms. The van der Waals surface area contributed by atoms with Gasteiger partial charge in [-0.1, -0.05) is 48.0 Å². The molecule has 0 aromatic heterocycles. The van der Waals surface area contributed by atoms with Gasteiger partial charge in [-0.25, -0.2) is 4.79 Å². The van der Waals surface area contributed by atoms with Crippen LogP contribution in [0.5, 0.6) is 0 Å². The highest BCUT2D eigenvalue weighted by Gasteiger charge is 2.07. The smallest absolute Gasteiger partial charge is 0.319 e. The standard InChI is InChI=1S/C17H20N2O2/c1-13-7-9-15(10-8-13)19-17(21)18-12-11-16(20)14-5-3-2-4-6-14/h2-10,16,20H,11-12H2,1H3,(H2,18,19,21)/t16-/m0/s1. The van der Waals surface area contributed by atoms with Crippen LogP contribution in [0, 0.1) is 6.92 Å². The molecule has 0 heterocycles. The Labute approximate surface area is 124 Å². The highest BCUT2D eigenvalue weighted by atomic mass is 16.3. The van der Waals surface area contributed by atoms with Gasteiger partial charge in [0.15, 0.2) is 0 Å². The van der Waals surface area contributed by atoms with E-state index in [4.69, 9.17) is 0 Å². The summed E-state index contributed by atoms with van der Waals surface area (Å²) in [6.45, 7) is 2.41. The molecule has 1 atom stereocenters. The maximum atomic E-state index is 11.7. The van der Waals surface area contributed by atoms with Crippen LogP contribution in [-0.2, 0) is 0 Å². The van der Waals surface area contributed by atoms with Crippen LogP contribution in [0.1, 0.15) is 23.7 Å². The Bertz CT molecular complexity index is 567. The summed E-state index contributed by atoms with van der Waals surface area (Å²) >= 11 is 0. The first kappa shape index (κ1) is 15.1. The lowest BCUT2D eigenvalue weighted by Gasteiger charge is -2.12. The number of nitrogens with one attached hydrogen (secondary N) is 2. The lowest BCUT2D eigenvalue weighted by Crippen LogP contribution is -2.30. The van der Waals surface area contributed by atoms with Crippen molar-refractivity contribution in [1.29, 1.82) is 0 Å². The molecule has 0 bridgehead atoms. The van der Waals surface area contributed by atoms with Gasteiger partial charge >= 0.3 is 6.03 Å². The number of benzene rings is 2. The van der Waals surface area contributed by atoms with Crippen LogP contribution in [0.25, 0.3) is 0 Å². The summed E-state index contributed by atoms with van der Waals surface area (Å²) in [5.41, 5.74) is 2.76. The fourth-order valence-corrected chi connectivity index (χ4v) is 1.98. The molecule has 2 aromatic rings. The minimum absolute atomic E-state index is 0.265. The molecular formula is C17H20N2O2. The van der Waals surface area contributed by atoms with E-state index in [2.05, 4.69) is 10.6 Å². The van der Waals surface area contributed by atoms with Crippen molar-refractivity contribution in [3.63, 3.8) is 0 Å². The Hall–Kier alpha value is -2.33. The second-order valence-corrected chi connectivity index (χ2v) is 4.96. The first-order valence-corrected chi connectivity index (χ1v) is 6.99. The summed E-state index contributed by atoms with van der Waals surface area (Å²) in [6, 6.07) is 16.7. The van der Waals surface area contributed by atoms with Crippen molar-refractivity contribution < 1.29 is 9.90 Å². The predicted octanol–water partition coefficient (Wildman–Crippen LogP) is 3.24.